The van der Waals surface area contributed by atoms with Crippen molar-refractivity contribution in [2.24, 2.45) is 5.10 Å². The molecule has 4 nitrogen and oxygen atoms in total. The zero-order chi connectivity index (χ0) is 20.8. The lowest BCUT2D eigenvalue weighted by Gasteiger charge is -2.38. The maximum absolute atomic E-state index is 6.52. The van der Waals surface area contributed by atoms with Gasteiger partial charge in [0.1, 0.15) is 11.5 Å². The molecule has 0 spiro atoms. The number of nitrogens with zero attached hydrogens (tertiary/aromatic N) is 2. The molecule has 2 heterocycles. The van der Waals surface area contributed by atoms with Gasteiger partial charge in [-0.15, -0.1) is 0 Å². The van der Waals surface area contributed by atoms with Crippen LogP contribution in [0.2, 0.25) is 10.0 Å². The number of methoxy groups -OCH3 is 1. The van der Waals surface area contributed by atoms with Crippen LogP contribution >= 0.6 is 39.1 Å². The molecule has 0 saturated carbocycles. The second kappa shape index (κ2) is 7.80. The minimum atomic E-state index is -0.384. The molecule has 2 aliphatic heterocycles. The number of hydrogen-bond acceptors (Lipinski definition) is 4. The number of fused-ring (bicyclic) bond motifs is 3. The molecule has 0 aromatic heterocycles. The molecule has 152 valence electrons. The SMILES string of the molecule is COc1ccc(C2=NN3C(C2)c2cc(Cl)cc(Cl)c2OC3c2ccc(Br)cc2)cc1. The molecule has 3 aromatic rings. The smallest absolute Gasteiger partial charge is 0.213 e. The van der Waals surface area contributed by atoms with Crippen LogP contribution in [0.25, 0.3) is 0 Å². The Morgan fingerprint density at radius 2 is 1.80 bits per heavy atom. The zero-order valence-corrected chi connectivity index (χ0v) is 19.1. The third-order valence-electron chi connectivity index (χ3n) is 5.39. The summed E-state index contributed by atoms with van der Waals surface area (Å²) in [5.74, 6) is 1.48. The molecule has 2 unspecified atom stereocenters. The van der Waals surface area contributed by atoms with Gasteiger partial charge in [-0.1, -0.05) is 51.3 Å². The van der Waals surface area contributed by atoms with Crippen LogP contribution in [-0.4, -0.2) is 17.8 Å². The lowest BCUT2D eigenvalue weighted by Crippen LogP contribution is -2.33. The predicted octanol–water partition coefficient (Wildman–Crippen LogP) is 7.01. The third-order valence-corrected chi connectivity index (χ3v) is 6.41. The van der Waals surface area contributed by atoms with Crippen LogP contribution in [0.15, 0.2) is 70.2 Å². The van der Waals surface area contributed by atoms with Gasteiger partial charge in [0.2, 0.25) is 6.23 Å². The van der Waals surface area contributed by atoms with Gasteiger partial charge in [-0.05, 0) is 54.1 Å². The highest BCUT2D eigenvalue weighted by Gasteiger charge is 2.42. The third kappa shape index (κ3) is 3.45. The second-order valence-electron chi connectivity index (χ2n) is 7.20. The van der Waals surface area contributed by atoms with E-state index in [9.17, 15) is 0 Å². The van der Waals surface area contributed by atoms with E-state index in [1.807, 2.05) is 59.6 Å². The van der Waals surface area contributed by atoms with E-state index in [0.29, 0.717) is 15.8 Å². The Balaban J connectivity index is 1.60. The van der Waals surface area contributed by atoms with Gasteiger partial charge in [0.25, 0.3) is 0 Å². The molecule has 0 aliphatic carbocycles. The molecule has 2 aliphatic rings. The van der Waals surface area contributed by atoms with Gasteiger partial charge in [-0.25, -0.2) is 5.01 Å². The maximum atomic E-state index is 6.52. The van der Waals surface area contributed by atoms with Crippen LogP contribution in [0.5, 0.6) is 11.5 Å². The Labute approximate surface area is 193 Å². The standard InChI is InChI=1S/C23H17BrCl2N2O2/c1-29-17-8-4-13(5-9-17)20-12-21-18-10-16(25)11-19(26)22(18)30-23(28(21)27-20)14-2-6-15(24)7-3-14/h2-11,21,23H,12H2,1H3. The Bertz CT molecular complexity index is 1130. The first-order valence-electron chi connectivity index (χ1n) is 9.45. The molecule has 0 fully saturated rings. The molecule has 3 aromatic carbocycles. The van der Waals surface area contributed by atoms with Crippen LogP contribution in [0.3, 0.4) is 0 Å². The highest BCUT2D eigenvalue weighted by molar-refractivity contribution is 9.10. The topological polar surface area (TPSA) is 34.1 Å². The zero-order valence-electron chi connectivity index (χ0n) is 16.0. The summed E-state index contributed by atoms with van der Waals surface area (Å²) in [5, 5.41) is 8.07. The minimum absolute atomic E-state index is 0.0179. The maximum Gasteiger partial charge on any atom is 0.213 e. The van der Waals surface area contributed by atoms with E-state index in [1.54, 1.807) is 13.2 Å². The van der Waals surface area contributed by atoms with Gasteiger partial charge in [0.15, 0.2) is 0 Å². The molecule has 2 atom stereocenters. The van der Waals surface area contributed by atoms with Gasteiger partial charge in [0, 0.05) is 27.0 Å². The highest BCUT2D eigenvalue weighted by Crippen LogP contribution is 2.50. The largest absolute Gasteiger partial charge is 0.497 e. The molecule has 30 heavy (non-hydrogen) atoms. The normalized spacial score (nSPS) is 19.6. The first-order valence-corrected chi connectivity index (χ1v) is 11.0. The summed E-state index contributed by atoms with van der Waals surface area (Å²) in [6, 6.07) is 19.6. The van der Waals surface area contributed by atoms with Crippen molar-refractivity contribution >= 4 is 44.8 Å². The number of rotatable bonds is 3. The second-order valence-corrected chi connectivity index (χ2v) is 8.96. The first kappa shape index (κ1) is 19.7. The number of halogens is 3. The monoisotopic (exact) mass is 502 g/mol. The summed E-state index contributed by atoms with van der Waals surface area (Å²) in [7, 11) is 1.66. The molecular formula is C23H17BrCl2N2O2. The average Bonchev–Trinajstić information content (AvgIpc) is 3.20. The van der Waals surface area contributed by atoms with Crippen molar-refractivity contribution in [1.82, 2.24) is 5.01 Å². The summed E-state index contributed by atoms with van der Waals surface area (Å²) in [6.07, 6.45) is 0.344. The summed E-state index contributed by atoms with van der Waals surface area (Å²) in [4.78, 5) is 0. The lowest BCUT2D eigenvalue weighted by atomic mass is 9.96. The highest BCUT2D eigenvalue weighted by atomic mass is 79.9. The Morgan fingerprint density at radius 3 is 2.50 bits per heavy atom. The van der Waals surface area contributed by atoms with E-state index >= 15 is 0 Å². The average molecular weight is 504 g/mol. The van der Waals surface area contributed by atoms with Crippen LogP contribution in [0.4, 0.5) is 0 Å². The Hall–Kier alpha value is -2.21. The van der Waals surface area contributed by atoms with Gasteiger partial charge in [-0.2, -0.15) is 5.10 Å². The van der Waals surface area contributed by atoms with Crippen LogP contribution < -0.4 is 9.47 Å². The fraction of sp³-hybridized carbons (Fsp3) is 0.174. The van der Waals surface area contributed by atoms with E-state index in [-0.39, 0.29) is 12.3 Å². The van der Waals surface area contributed by atoms with Gasteiger partial charge in [-0.3, -0.25) is 0 Å². The summed E-state index contributed by atoms with van der Waals surface area (Å²) in [6.45, 7) is 0. The number of hydrazone groups is 1. The van der Waals surface area contributed by atoms with Crippen LogP contribution in [0.1, 0.15) is 35.4 Å². The van der Waals surface area contributed by atoms with Gasteiger partial charge in [0.05, 0.1) is 23.9 Å². The first-order chi connectivity index (χ1) is 14.5. The molecule has 0 amide bonds. The predicted molar refractivity (Wildman–Crippen MR) is 123 cm³/mol. The molecule has 7 heteroatoms. The van der Waals surface area contributed by atoms with Crippen molar-refractivity contribution in [3.05, 3.63) is 91.9 Å². The van der Waals surface area contributed by atoms with Crippen molar-refractivity contribution in [3.63, 3.8) is 0 Å². The van der Waals surface area contributed by atoms with Crippen molar-refractivity contribution in [3.8, 4) is 11.5 Å². The van der Waals surface area contributed by atoms with E-state index in [0.717, 1.165) is 39.0 Å². The van der Waals surface area contributed by atoms with Crippen molar-refractivity contribution in [2.75, 3.05) is 7.11 Å². The van der Waals surface area contributed by atoms with Crippen molar-refractivity contribution < 1.29 is 9.47 Å². The minimum Gasteiger partial charge on any atom is -0.497 e. The quantitative estimate of drug-likeness (QED) is 0.385. The lowest BCUT2D eigenvalue weighted by molar-refractivity contribution is -0.0189. The number of hydrogen-bond donors (Lipinski definition) is 0. The summed E-state index contributed by atoms with van der Waals surface area (Å²) in [5.41, 5.74) is 3.99. The van der Waals surface area contributed by atoms with E-state index < -0.39 is 0 Å². The van der Waals surface area contributed by atoms with Gasteiger partial charge >= 0.3 is 0 Å². The van der Waals surface area contributed by atoms with E-state index in [4.69, 9.17) is 37.8 Å². The summed E-state index contributed by atoms with van der Waals surface area (Å²) < 4.78 is 12.7. The van der Waals surface area contributed by atoms with E-state index in [1.165, 1.54) is 0 Å². The molecule has 0 bridgehead atoms. The van der Waals surface area contributed by atoms with Crippen LogP contribution in [0, 0.1) is 0 Å². The number of ether oxygens (including phenoxy) is 2. The fourth-order valence-electron chi connectivity index (χ4n) is 3.92. The van der Waals surface area contributed by atoms with E-state index in [2.05, 4.69) is 15.9 Å². The molecular weight excluding hydrogens is 487 g/mol. The molecule has 0 saturated heterocycles. The fourth-order valence-corrected chi connectivity index (χ4v) is 4.74. The molecule has 0 radical (unpaired) electrons. The molecule has 0 N–H and O–H groups in total. The van der Waals surface area contributed by atoms with Gasteiger partial charge < -0.3 is 9.47 Å². The Kier molecular flexibility index (Phi) is 5.13. The summed E-state index contributed by atoms with van der Waals surface area (Å²) >= 11 is 16.3. The van der Waals surface area contributed by atoms with Crippen LogP contribution in [-0.2, 0) is 0 Å². The molecule has 5 rings (SSSR count). The Morgan fingerprint density at radius 1 is 1.07 bits per heavy atom. The number of benzene rings is 3. The van der Waals surface area contributed by atoms with Crippen molar-refractivity contribution in [2.45, 2.75) is 18.7 Å². The van der Waals surface area contributed by atoms with Crippen molar-refractivity contribution in [1.29, 1.82) is 0 Å².